The molecule has 15 heavy (non-hydrogen) atoms. The van der Waals surface area contributed by atoms with E-state index in [1.807, 2.05) is 0 Å². The minimum atomic E-state index is 0.349. The summed E-state index contributed by atoms with van der Waals surface area (Å²) in [6, 6.07) is 6.78. The van der Waals surface area contributed by atoms with Crippen LogP contribution >= 0.6 is 0 Å². The fraction of sp³-hybridized carbons (Fsp3) is 0.538. The molecule has 1 atom stereocenters. The molecule has 0 aliphatic rings. The Morgan fingerprint density at radius 3 is 2.73 bits per heavy atom. The number of hydrogen-bond donors (Lipinski definition) is 1. The first-order chi connectivity index (χ1) is 7.19. The number of rotatable bonds is 5. The Morgan fingerprint density at radius 2 is 2.13 bits per heavy atom. The maximum Gasteiger partial charge on any atom is 0.0661 e. The minimum absolute atomic E-state index is 0.349. The van der Waals surface area contributed by atoms with Crippen molar-refractivity contribution in [3.63, 3.8) is 0 Å². The molecule has 0 aliphatic heterocycles. The van der Waals surface area contributed by atoms with Crippen molar-refractivity contribution in [1.82, 2.24) is 0 Å². The molecular weight excluding hydrogens is 186 g/mol. The van der Waals surface area contributed by atoms with Gasteiger partial charge in [0.05, 0.1) is 6.61 Å². The predicted octanol–water partition coefficient (Wildman–Crippen LogP) is 3.00. The Labute approximate surface area is 92.6 Å². The second-order valence-corrected chi connectivity index (χ2v) is 3.96. The summed E-state index contributed by atoms with van der Waals surface area (Å²) < 4.78 is 5.13. The predicted molar refractivity (Wildman–Crippen MR) is 65.5 cm³/mol. The fourth-order valence-corrected chi connectivity index (χ4v) is 1.77. The SMILES string of the molecule is CCc1cccc(C)c1N[C@@H](C)COC. The van der Waals surface area contributed by atoms with Gasteiger partial charge in [0, 0.05) is 18.8 Å². The molecule has 0 saturated heterocycles. The highest BCUT2D eigenvalue weighted by Gasteiger charge is 2.07. The van der Waals surface area contributed by atoms with Gasteiger partial charge >= 0.3 is 0 Å². The van der Waals surface area contributed by atoms with Gasteiger partial charge in [0.1, 0.15) is 0 Å². The molecule has 2 heteroatoms. The van der Waals surface area contributed by atoms with Gasteiger partial charge in [-0.15, -0.1) is 0 Å². The van der Waals surface area contributed by atoms with Crippen LogP contribution in [0.5, 0.6) is 0 Å². The third kappa shape index (κ3) is 3.24. The van der Waals surface area contributed by atoms with Crippen molar-refractivity contribution >= 4 is 5.69 Å². The van der Waals surface area contributed by atoms with E-state index >= 15 is 0 Å². The first-order valence-corrected chi connectivity index (χ1v) is 5.53. The van der Waals surface area contributed by atoms with E-state index in [-0.39, 0.29) is 0 Å². The summed E-state index contributed by atoms with van der Waals surface area (Å²) in [5.74, 6) is 0. The van der Waals surface area contributed by atoms with E-state index in [1.54, 1.807) is 7.11 Å². The van der Waals surface area contributed by atoms with Gasteiger partial charge in [-0.05, 0) is 31.4 Å². The molecule has 0 aromatic heterocycles. The smallest absolute Gasteiger partial charge is 0.0661 e. The van der Waals surface area contributed by atoms with Crippen molar-refractivity contribution < 1.29 is 4.74 Å². The van der Waals surface area contributed by atoms with Gasteiger partial charge in [-0.1, -0.05) is 25.1 Å². The zero-order valence-corrected chi connectivity index (χ0v) is 10.1. The summed E-state index contributed by atoms with van der Waals surface area (Å²) >= 11 is 0. The largest absolute Gasteiger partial charge is 0.383 e. The number of hydrogen-bond acceptors (Lipinski definition) is 2. The van der Waals surface area contributed by atoms with E-state index in [0.29, 0.717) is 6.04 Å². The summed E-state index contributed by atoms with van der Waals surface area (Å²) in [7, 11) is 1.73. The van der Waals surface area contributed by atoms with E-state index in [2.05, 4.69) is 44.3 Å². The molecular formula is C13H21NO. The maximum atomic E-state index is 5.13. The number of ether oxygens (including phenoxy) is 1. The molecule has 0 heterocycles. The second kappa shape index (κ2) is 5.76. The summed E-state index contributed by atoms with van der Waals surface area (Å²) in [5.41, 5.74) is 3.94. The fourth-order valence-electron chi connectivity index (χ4n) is 1.77. The third-order valence-corrected chi connectivity index (χ3v) is 2.55. The third-order valence-electron chi connectivity index (χ3n) is 2.55. The number of para-hydroxylation sites is 1. The van der Waals surface area contributed by atoms with Gasteiger partial charge in [0.15, 0.2) is 0 Å². The standard InChI is InChI=1S/C13H21NO/c1-5-12-8-6-7-10(2)13(12)14-11(3)9-15-4/h6-8,11,14H,5,9H2,1-4H3/t11-/m0/s1. The normalized spacial score (nSPS) is 12.5. The molecule has 0 bridgehead atoms. The van der Waals surface area contributed by atoms with Crippen molar-refractivity contribution in [1.29, 1.82) is 0 Å². The quantitative estimate of drug-likeness (QED) is 0.801. The lowest BCUT2D eigenvalue weighted by atomic mass is 10.1. The van der Waals surface area contributed by atoms with Gasteiger partial charge in [-0.2, -0.15) is 0 Å². The summed E-state index contributed by atoms with van der Waals surface area (Å²) in [6.45, 7) is 7.19. The van der Waals surface area contributed by atoms with Crippen LogP contribution in [0.15, 0.2) is 18.2 Å². The zero-order chi connectivity index (χ0) is 11.3. The van der Waals surface area contributed by atoms with E-state index in [0.717, 1.165) is 13.0 Å². The number of nitrogens with one attached hydrogen (secondary N) is 1. The Kier molecular flexibility index (Phi) is 4.63. The van der Waals surface area contributed by atoms with Gasteiger partial charge in [0.2, 0.25) is 0 Å². The molecule has 0 aliphatic carbocycles. The highest BCUT2D eigenvalue weighted by atomic mass is 16.5. The maximum absolute atomic E-state index is 5.13. The monoisotopic (exact) mass is 207 g/mol. The van der Waals surface area contributed by atoms with Crippen LogP contribution < -0.4 is 5.32 Å². The van der Waals surface area contributed by atoms with Crippen molar-refractivity contribution in [2.24, 2.45) is 0 Å². The molecule has 84 valence electrons. The lowest BCUT2D eigenvalue weighted by Gasteiger charge is -2.19. The Hall–Kier alpha value is -1.02. The first kappa shape index (κ1) is 12.1. The molecule has 1 aromatic rings. The highest BCUT2D eigenvalue weighted by Crippen LogP contribution is 2.21. The number of aryl methyl sites for hydroxylation is 2. The van der Waals surface area contributed by atoms with Crippen LogP contribution in [0.2, 0.25) is 0 Å². The van der Waals surface area contributed by atoms with Crippen molar-refractivity contribution in [3.8, 4) is 0 Å². The lowest BCUT2D eigenvalue weighted by molar-refractivity contribution is 0.190. The van der Waals surface area contributed by atoms with E-state index < -0.39 is 0 Å². The van der Waals surface area contributed by atoms with Crippen LogP contribution in [0, 0.1) is 6.92 Å². The molecule has 0 radical (unpaired) electrons. The van der Waals surface area contributed by atoms with Crippen LogP contribution in [0.4, 0.5) is 5.69 Å². The van der Waals surface area contributed by atoms with Crippen LogP contribution in [0.3, 0.4) is 0 Å². The van der Waals surface area contributed by atoms with E-state index in [1.165, 1.54) is 16.8 Å². The van der Waals surface area contributed by atoms with Crippen LogP contribution in [-0.4, -0.2) is 19.8 Å². The molecule has 1 N–H and O–H groups in total. The van der Waals surface area contributed by atoms with Crippen LogP contribution in [-0.2, 0) is 11.2 Å². The molecule has 0 spiro atoms. The van der Waals surface area contributed by atoms with Gasteiger partial charge in [0.25, 0.3) is 0 Å². The molecule has 0 fully saturated rings. The van der Waals surface area contributed by atoms with Crippen molar-refractivity contribution in [3.05, 3.63) is 29.3 Å². The van der Waals surface area contributed by atoms with Crippen LogP contribution in [0.1, 0.15) is 25.0 Å². The van der Waals surface area contributed by atoms with Crippen molar-refractivity contribution in [2.45, 2.75) is 33.2 Å². The summed E-state index contributed by atoms with van der Waals surface area (Å²) in [5, 5.41) is 3.51. The highest BCUT2D eigenvalue weighted by molar-refractivity contribution is 5.57. The second-order valence-electron chi connectivity index (χ2n) is 3.96. The molecule has 0 amide bonds. The molecule has 1 rings (SSSR count). The van der Waals surface area contributed by atoms with Gasteiger partial charge < -0.3 is 10.1 Å². The summed E-state index contributed by atoms with van der Waals surface area (Å²) in [6.07, 6.45) is 1.06. The van der Waals surface area contributed by atoms with E-state index in [4.69, 9.17) is 4.74 Å². The number of methoxy groups -OCH3 is 1. The number of benzene rings is 1. The zero-order valence-electron chi connectivity index (χ0n) is 10.1. The van der Waals surface area contributed by atoms with Crippen molar-refractivity contribution in [2.75, 3.05) is 19.0 Å². The first-order valence-electron chi connectivity index (χ1n) is 5.53. The Bertz CT molecular complexity index is 309. The van der Waals surface area contributed by atoms with Crippen LogP contribution in [0.25, 0.3) is 0 Å². The lowest BCUT2D eigenvalue weighted by Crippen LogP contribution is -2.22. The Balaban J connectivity index is 2.82. The minimum Gasteiger partial charge on any atom is -0.383 e. The molecule has 1 aromatic carbocycles. The number of anilines is 1. The van der Waals surface area contributed by atoms with Gasteiger partial charge in [-0.25, -0.2) is 0 Å². The molecule has 2 nitrogen and oxygen atoms in total. The topological polar surface area (TPSA) is 21.3 Å². The van der Waals surface area contributed by atoms with Gasteiger partial charge in [-0.3, -0.25) is 0 Å². The van der Waals surface area contributed by atoms with E-state index in [9.17, 15) is 0 Å². The molecule has 0 unspecified atom stereocenters. The molecule has 0 saturated carbocycles. The average Bonchev–Trinajstić information content (AvgIpc) is 2.21. The average molecular weight is 207 g/mol. The summed E-state index contributed by atoms with van der Waals surface area (Å²) in [4.78, 5) is 0. The Morgan fingerprint density at radius 1 is 1.40 bits per heavy atom.